The molecule has 0 amide bonds. The Morgan fingerprint density at radius 2 is 1.12 bits per heavy atom. The van der Waals surface area contributed by atoms with Crippen molar-refractivity contribution < 1.29 is 0 Å². The maximum atomic E-state index is 2.28. The van der Waals surface area contributed by atoms with Crippen LogP contribution in [0.25, 0.3) is 0 Å². The minimum atomic E-state index is 0. The van der Waals surface area contributed by atoms with Crippen LogP contribution in [0.15, 0.2) is 0 Å². The molecule has 0 aromatic rings. The van der Waals surface area contributed by atoms with Crippen LogP contribution in [0.2, 0.25) is 0 Å². The fraction of sp³-hybridized carbons (Fsp3) is 1.00. The van der Waals surface area contributed by atoms with Crippen molar-refractivity contribution in [1.29, 1.82) is 0 Å². The van der Waals surface area contributed by atoms with Crippen LogP contribution >= 0.6 is 8.58 Å². The van der Waals surface area contributed by atoms with Gasteiger partial charge in [0.15, 0.2) is 0 Å². The average molecular weight is 126 g/mol. The Hall–Kier alpha value is 1.03. The molecule has 0 aromatic heterocycles. The van der Waals surface area contributed by atoms with Crippen LogP contribution in [-0.2, 0) is 0 Å². The van der Waals surface area contributed by atoms with Crippen molar-refractivity contribution in [2.24, 2.45) is 0 Å². The molecule has 0 aromatic carbocycles. The Bertz CT molecular complexity index is 37.8. The molecule has 0 rings (SSSR count). The summed E-state index contributed by atoms with van der Waals surface area (Å²) in [6, 6.07) is 0. The van der Waals surface area contributed by atoms with Crippen molar-refractivity contribution in [3.05, 3.63) is 0 Å². The molecule has 0 heterocycles. The number of hydrogen-bond donors (Lipinski definition) is 0. The zero-order valence-corrected chi connectivity index (χ0v) is 6.65. The maximum absolute atomic E-state index is 2.28. The first-order valence-electron chi connectivity index (χ1n) is 2.89. The zero-order valence-electron chi connectivity index (χ0n) is 5.65. The van der Waals surface area contributed by atoms with E-state index in [1.54, 1.807) is 0 Å². The van der Waals surface area contributed by atoms with E-state index < -0.39 is 0 Å². The van der Waals surface area contributed by atoms with Gasteiger partial charge in [-0.25, -0.2) is 0 Å². The van der Waals surface area contributed by atoms with Crippen molar-refractivity contribution in [3.8, 4) is 0 Å². The third kappa shape index (κ3) is 10.1. The fourth-order valence-electron chi connectivity index (χ4n) is 0.667. The molecule has 0 saturated carbocycles. The minimum absolute atomic E-state index is 0. The van der Waals surface area contributed by atoms with Crippen LogP contribution in [-0.4, -0.2) is 30.2 Å². The van der Waals surface area contributed by atoms with Crippen LogP contribution in [0.3, 0.4) is 0 Å². The Balaban J connectivity index is 0. The van der Waals surface area contributed by atoms with Crippen molar-refractivity contribution in [1.82, 2.24) is 0 Å². The molecule has 46 valence electrons. The van der Waals surface area contributed by atoms with E-state index >= 15 is 0 Å². The van der Waals surface area contributed by atoms with Gasteiger partial charge in [-0.05, 0) is 11.3 Å². The normalized spacial score (nSPS) is 9.75. The molecule has 0 spiro atoms. The van der Waals surface area contributed by atoms with Gasteiger partial charge in [-0.3, -0.25) is 0 Å². The van der Waals surface area contributed by atoms with Crippen molar-refractivity contribution in [2.45, 2.75) is 39.0 Å². The SMILES string of the molecule is CC(C)PC(C)C.[LiH]. The van der Waals surface area contributed by atoms with Gasteiger partial charge < -0.3 is 0 Å². The van der Waals surface area contributed by atoms with E-state index in [0.717, 1.165) is 19.9 Å². The van der Waals surface area contributed by atoms with E-state index in [9.17, 15) is 0 Å². The van der Waals surface area contributed by atoms with Crippen molar-refractivity contribution in [2.75, 3.05) is 0 Å². The number of rotatable bonds is 2. The summed E-state index contributed by atoms with van der Waals surface area (Å²) in [5.74, 6) is 0. The topological polar surface area (TPSA) is 0 Å². The first kappa shape index (κ1) is 11.8. The molecular weight excluding hydrogens is 110 g/mol. The average Bonchev–Trinajstić information content (AvgIpc) is 1.27. The first-order valence-corrected chi connectivity index (χ1v) is 4.04. The molecule has 0 nitrogen and oxygen atoms in total. The molecule has 0 aliphatic carbocycles. The molecule has 0 N–H and O–H groups in total. The first-order chi connectivity index (χ1) is 3.13. The summed E-state index contributed by atoms with van der Waals surface area (Å²) in [6.07, 6.45) is 0. The van der Waals surface area contributed by atoms with E-state index in [1.807, 2.05) is 0 Å². The van der Waals surface area contributed by atoms with E-state index in [0.29, 0.717) is 0 Å². The molecule has 0 aliphatic rings. The Morgan fingerprint density at radius 1 is 0.875 bits per heavy atom. The Morgan fingerprint density at radius 3 is 1.12 bits per heavy atom. The summed E-state index contributed by atoms with van der Waals surface area (Å²) in [5, 5.41) is 0. The van der Waals surface area contributed by atoms with Crippen molar-refractivity contribution >= 4 is 27.4 Å². The predicted molar refractivity (Wildman–Crippen MR) is 45.7 cm³/mol. The Labute approximate surface area is 66.8 Å². The molecule has 0 radical (unpaired) electrons. The van der Waals surface area contributed by atoms with Crippen LogP contribution < -0.4 is 0 Å². The summed E-state index contributed by atoms with van der Waals surface area (Å²) >= 11 is 0. The van der Waals surface area contributed by atoms with Crippen LogP contribution in [0, 0.1) is 0 Å². The van der Waals surface area contributed by atoms with Gasteiger partial charge in [0.2, 0.25) is 0 Å². The van der Waals surface area contributed by atoms with Gasteiger partial charge >= 0.3 is 18.9 Å². The van der Waals surface area contributed by atoms with Gasteiger partial charge in [-0.2, -0.15) is 0 Å². The van der Waals surface area contributed by atoms with Gasteiger partial charge in [0, 0.05) is 0 Å². The second-order valence-electron chi connectivity index (χ2n) is 2.48. The van der Waals surface area contributed by atoms with Crippen molar-refractivity contribution in [3.63, 3.8) is 0 Å². The van der Waals surface area contributed by atoms with E-state index in [-0.39, 0.29) is 18.9 Å². The van der Waals surface area contributed by atoms with Crippen LogP contribution in [0.4, 0.5) is 0 Å². The summed E-state index contributed by atoms with van der Waals surface area (Å²) in [5.41, 5.74) is 1.81. The fourth-order valence-corrected chi connectivity index (χ4v) is 2.00. The van der Waals surface area contributed by atoms with Gasteiger partial charge in [0.05, 0.1) is 0 Å². The van der Waals surface area contributed by atoms with Crippen LogP contribution in [0.5, 0.6) is 0 Å². The predicted octanol–water partition coefficient (Wildman–Crippen LogP) is 1.83. The molecule has 0 aliphatic heterocycles. The summed E-state index contributed by atoms with van der Waals surface area (Å²) in [7, 11) is 1.15. The molecule has 0 unspecified atom stereocenters. The quantitative estimate of drug-likeness (QED) is 0.391. The molecule has 0 saturated heterocycles. The molecule has 0 fully saturated rings. The summed E-state index contributed by atoms with van der Waals surface area (Å²) < 4.78 is 0. The third-order valence-electron chi connectivity index (χ3n) is 0.667. The standard InChI is InChI=1S/C6H15P.Li.H/c1-5(2)7-6(3)4;;/h5-7H,1-4H3;;. The zero-order chi connectivity index (χ0) is 5.86. The molecule has 2 heteroatoms. The van der Waals surface area contributed by atoms with Gasteiger partial charge in [0.1, 0.15) is 0 Å². The van der Waals surface area contributed by atoms with Crippen LogP contribution in [0.1, 0.15) is 27.7 Å². The molecule has 0 bridgehead atoms. The second kappa shape index (κ2) is 6.15. The van der Waals surface area contributed by atoms with E-state index in [4.69, 9.17) is 0 Å². The monoisotopic (exact) mass is 126 g/mol. The molecular formula is C6H16LiP. The van der Waals surface area contributed by atoms with Gasteiger partial charge in [-0.15, -0.1) is 8.58 Å². The summed E-state index contributed by atoms with van der Waals surface area (Å²) in [6.45, 7) is 9.10. The molecule has 8 heavy (non-hydrogen) atoms. The van der Waals surface area contributed by atoms with E-state index in [2.05, 4.69) is 27.7 Å². The van der Waals surface area contributed by atoms with Gasteiger partial charge in [-0.1, -0.05) is 27.7 Å². The second-order valence-corrected chi connectivity index (χ2v) is 5.12. The summed E-state index contributed by atoms with van der Waals surface area (Å²) in [4.78, 5) is 0. The third-order valence-corrected chi connectivity index (χ3v) is 2.00. The molecule has 0 atom stereocenters. The number of hydrogen-bond acceptors (Lipinski definition) is 0. The van der Waals surface area contributed by atoms with E-state index in [1.165, 1.54) is 0 Å². The Kier molecular flexibility index (Phi) is 9.06. The van der Waals surface area contributed by atoms with Gasteiger partial charge in [0.25, 0.3) is 0 Å².